The van der Waals surface area contributed by atoms with Crippen molar-refractivity contribution in [3.63, 3.8) is 0 Å². The summed E-state index contributed by atoms with van der Waals surface area (Å²) in [7, 11) is 5.18. The second kappa shape index (κ2) is 14.9. The predicted octanol–water partition coefficient (Wildman–Crippen LogP) is 1.87. The monoisotopic (exact) mass is 535 g/mol. The number of ether oxygens (including phenoxy) is 2. The van der Waals surface area contributed by atoms with Gasteiger partial charge in [0, 0.05) is 52.3 Å². The fourth-order valence-corrected chi connectivity index (χ4v) is 5.26. The van der Waals surface area contributed by atoms with Gasteiger partial charge in [0.25, 0.3) is 0 Å². The number of ketones is 3. The molecule has 0 amide bonds. The van der Waals surface area contributed by atoms with E-state index in [-0.39, 0.29) is 79.9 Å². The van der Waals surface area contributed by atoms with Crippen molar-refractivity contribution in [2.45, 2.75) is 51.9 Å². The molecule has 2 rings (SSSR count). The third-order valence-corrected chi connectivity index (χ3v) is 7.08. The molecule has 0 aromatic heterocycles. The Bertz CT molecular complexity index is 1000. The first-order valence-corrected chi connectivity index (χ1v) is 13.0. The van der Waals surface area contributed by atoms with Gasteiger partial charge in [0.2, 0.25) is 0 Å². The van der Waals surface area contributed by atoms with Crippen molar-refractivity contribution < 1.29 is 44.0 Å². The number of fused-ring (bicyclic) bond motifs is 1. The normalized spacial score (nSPS) is 16.5. The highest BCUT2D eigenvalue weighted by Crippen LogP contribution is 2.42. The number of benzene rings is 1. The fourth-order valence-electron chi connectivity index (χ4n) is 5.26. The molecule has 0 heterocycles. The molecule has 38 heavy (non-hydrogen) atoms. The molecule has 0 radical (unpaired) electrons. The summed E-state index contributed by atoms with van der Waals surface area (Å²) in [5.74, 6) is -2.81. The van der Waals surface area contributed by atoms with Crippen LogP contribution in [0, 0.1) is 17.8 Å². The lowest BCUT2D eigenvalue weighted by atomic mass is 9.73. The average Bonchev–Trinajstić information content (AvgIpc) is 2.83. The summed E-state index contributed by atoms with van der Waals surface area (Å²) in [6.07, 6.45) is 1.23. The topological polar surface area (TPSA) is 151 Å². The Balaban J connectivity index is 2.29. The SMILES string of the molecule is COCCOC(=O)CCc1cc(N(C)C)c2c(c1O)C(=O)CC(CC(CCO)C(CO)C(=O)CC(C)=O)C2. The van der Waals surface area contributed by atoms with Crippen molar-refractivity contribution in [2.75, 3.05) is 52.5 Å². The Morgan fingerprint density at radius 2 is 1.87 bits per heavy atom. The van der Waals surface area contributed by atoms with Crippen molar-refractivity contribution in [1.29, 1.82) is 0 Å². The minimum absolute atomic E-state index is 0.0411. The molecule has 0 fully saturated rings. The predicted molar refractivity (Wildman–Crippen MR) is 140 cm³/mol. The second-order valence-corrected chi connectivity index (χ2v) is 10.2. The fraction of sp³-hybridized carbons (Fsp3) is 0.643. The first-order chi connectivity index (χ1) is 18.0. The Kier molecular flexibility index (Phi) is 12.3. The van der Waals surface area contributed by atoms with E-state index < -0.39 is 24.4 Å². The van der Waals surface area contributed by atoms with Crippen molar-refractivity contribution in [3.8, 4) is 5.75 Å². The van der Waals surface area contributed by atoms with E-state index in [0.29, 0.717) is 30.6 Å². The number of esters is 1. The molecular formula is C28H41NO9. The van der Waals surface area contributed by atoms with Gasteiger partial charge in [0.1, 0.15) is 23.9 Å². The van der Waals surface area contributed by atoms with Gasteiger partial charge in [-0.15, -0.1) is 0 Å². The van der Waals surface area contributed by atoms with Crippen molar-refractivity contribution in [3.05, 3.63) is 22.8 Å². The molecule has 0 aliphatic heterocycles. The molecule has 1 aromatic rings. The lowest BCUT2D eigenvalue weighted by Gasteiger charge is -2.33. The Morgan fingerprint density at radius 1 is 1.16 bits per heavy atom. The van der Waals surface area contributed by atoms with Crippen LogP contribution >= 0.6 is 0 Å². The van der Waals surface area contributed by atoms with E-state index in [1.807, 2.05) is 19.0 Å². The van der Waals surface area contributed by atoms with Gasteiger partial charge in [-0.1, -0.05) is 0 Å². The van der Waals surface area contributed by atoms with Gasteiger partial charge >= 0.3 is 5.97 Å². The van der Waals surface area contributed by atoms with E-state index in [0.717, 1.165) is 5.69 Å². The van der Waals surface area contributed by atoms with E-state index in [2.05, 4.69) is 0 Å². The summed E-state index contributed by atoms with van der Waals surface area (Å²) >= 11 is 0. The summed E-state index contributed by atoms with van der Waals surface area (Å²) in [5.41, 5.74) is 2.18. The highest BCUT2D eigenvalue weighted by atomic mass is 16.6. The van der Waals surface area contributed by atoms with Gasteiger partial charge < -0.3 is 29.7 Å². The quantitative estimate of drug-likeness (QED) is 0.163. The van der Waals surface area contributed by atoms with Crippen LogP contribution in [-0.4, -0.2) is 86.3 Å². The molecular weight excluding hydrogens is 494 g/mol. The minimum atomic E-state index is -0.796. The third-order valence-electron chi connectivity index (χ3n) is 7.08. The highest BCUT2D eigenvalue weighted by Gasteiger charge is 2.36. The van der Waals surface area contributed by atoms with Gasteiger partial charge in [-0.25, -0.2) is 0 Å². The number of hydrogen-bond acceptors (Lipinski definition) is 10. The Morgan fingerprint density at radius 3 is 2.45 bits per heavy atom. The summed E-state index contributed by atoms with van der Waals surface area (Å²) in [4.78, 5) is 51.3. The number of carbonyl (C=O) groups is 4. The first kappa shape index (κ1) is 31.4. The Hall–Kier alpha value is -2.82. The smallest absolute Gasteiger partial charge is 0.306 e. The molecule has 1 aliphatic carbocycles. The van der Waals surface area contributed by atoms with Crippen LogP contribution in [-0.2, 0) is 36.7 Å². The maximum absolute atomic E-state index is 13.3. The van der Waals surface area contributed by atoms with Crippen LogP contribution in [0.3, 0.4) is 0 Å². The summed E-state index contributed by atoms with van der Waals surface area (Å²) in [5, 5.41) is 30.6. The van der Waals surface area contributed by atoms with Crippen molar-refractivity contribution in [2.24, 2.45) is 17.8 Å². The van der Waals surface area contributed by atoms with E-state index in [1.165, 1.54) is 14.0 Å². The number of anilines is 1. The van der Waals surface area contributed by atoms with Crippen LogP contribution in [0.5, 0.6) is 5.75 Å². The number of rotatable bonds is 16. The largest absolute Gasteiger partial charge is 0.507 e. The number of aromatic hydroxyl groups is 1. The minimum Gasteiger partial charge on any atom is -0.507 e. The second-order valence-electron chi connectivity index (χ2n) is 10.2. The average molecular weight is 536 g/mol. The lowest BCUT2D eigenvalue weighted by Crippen LogP contribution is -2.33. The van der Waals surface area contributed by atoms with Gasteiger partial charge in [-0.3, -0.25) is 19.2 Å². The molecule has 0 saturated carbocycles. The van der Waals surface area contributed by atoms with Crippen molar-refractivity contribution >= 4 is 29.0 Å². The van der Waals surface area contributed by atoms with Crippen LogP contribution in [0.25, 0.3) is 0 Å². The molecule has 1 aliphatic rings. The number of aliphatic hydroxyl groups excluding tert-OH is 2. The molecule has 10 heteroatoms. The number of phenols is 1. The molecule has 1 aromatic carbocycles. The van der Waals surface area contributed by atoms with Gasteiger partial charge in [-0.05, 0) is 61.6 Å². The first-order valence-electron chi connectivity index (χ1n) is 13.0. The van der Waals surface area contributed by atoms with Gasteiger partial charge in [-0.2, -0.15) is 0 Å². The maximum Gasteiger partial charge on any atom is 0.306 e. The molecule has 10 nitrogen and oxygen atoms in total. The summed E-state index contributed by atoms with van der Waals surface area (Å²) < 4.78 is 9.96. The summed E-state index contributed by atoms with van der Waals surface area (Å²) in [6, 6.07) is 1.78. The van der Waals surface area contributed by atoms with Crippen LogP contribution in [0.1, 0.15) is 60.5 Å². The zero-order chi connectivity index (χ0) is 28.4. The standard InChI is InChI=1S/C28H41NO9/c1-17(32)11-24(33)22(16-31)19(7-8-30)12-18-13-21-23(29(2)3)15-20(28(36)27(21)25(34)14-18)5-6-26(35)38-10-9-37-4/h15,18-19,22,30-31,36H,5-14,16H2,1-4H3. The number of nitrogens with zero attached hydrogens (tertiary/aromatic N) is 1. The van der Waals surface area contributed by atoms with E-state index in [1.54, 1.807) is 6.07 Å². The highest BCUT2D eigenvalue weighted by molar-refractivity contribution is 6.03. The maximum atomic E-state index is 13.3. The van der Waals surface area contributed by atoms with Crippen molar-refractivity contribution in [1.82, 2.24) is 0 Å². The molecule has 0 saturated heterocycles. The molecule has 0 spiro atoms. The number of hydrogen-bond donors (Lipinski definition) is 3. The number of Topliss-reactive ketones (excluding diaryl/α,β-unsaturated/α-hetero) is 3. The zero-order valence-electron chi connectivity index (χ0n) is 22.8. The van der Waals surface area contributed by atoms with Crippen LogP contribution in [0.4, 0.5) is 5.69 Å². The van der Waals surface area contributed by atoms with E-state index >= 15 is 0 Å². The molecule has 3 atom stereocenters. The third kappa shape index (κ3) is 8.34. The van der Waals surface area contributed by atoms with E-state index in [4.69, 9.17) is 9.47 Å². The lowest BCUT2D eigenvalue weighted by molar-refractivity contribution is -0.144. The van der Waals surface area contributed by atoms with E-state index in [9.17, 15) is 34.5 Å². The van der Waals surface area contributed by atoms with Crippen LogP contribution in [0.2, 0.25) is 0 Å². The zero-order valence-corrected chi connectivity index (χ0v) is 22.8. The Labute approximate surface area is 223 Å². The van der Waals surface area contributed by atoms with Crippen LogP contribution in [0.15, 0.2) is 6.07 Å². The number of phenolic OH excluding ortho intramolecular Hbond substituents is 1. The number of aliphatic hydroxyl groups is 2. The number of carbonyl (C=O) groups excluding carboxylic acids is 4. The number of methoxy groups -OCH3 is 1. The molecule has 3 N–H and O–H groups in total. The van der Waals surface area contributed by atoms with Gasteiger partial charge in [0.15, 0.2) is 5.78 Å². The van der Waals surface area contributed by atoms with Gasteiger partial charge in [0.05, 0.1) is 25.2 Å². The molecule has 212 valence electrons. The van der Waals surface area contributed by atoms with Crippen LogP contribution < -0.4 is 4.90 Å². The molecule has 3 unspecified atom stereocenters. The molecule has 0 bridgehead atoms. The summed E-state index contributed by atoms with van der Waals surface area (Å²) in [6.45, 7) is 1.13. The number of aryl methyl sites for hydroxylation is 1.